The minimum Gasteiger partial charge on any atom is -0.477 e. The predicted molar refractivity (Wildman–Crippen MR) is 503 cm³/mol. The maximum Gasteiger partial charge on any atom is 0.364 e. The lowest BCUT2D eigenvalue weighted by Crippen LogP contribution is -2.73. The third-order valence-corrected chi connectivity index (χ3v) is 28.3. The molecule has 860 valence electrons. The second kappa shape index (κ2) is 62.9. The summed E-state index contributed by atoms with van der Waals surface area (Å²) in [7, 11) is 0. The summed E-state index contributed by atoms with van der Waals surface area (Å²) in [5.41, 5.74) is 0. The zero-order chi connectivity index (χ0) is 110. The van der Waals surface area contributed by atoms with Crippen LogP contribution in [0.15, 0.2) is 0 Å². The molecule has 0 aliphatic carbocycles. The molecule has 0 aromatic heterocycles. The molecular formula is C95H167N5O48. The van der Waals surface area contributed by atoms with Crippen molar-refractivity contribution >= 4 is 47.4 Å². The van der Waals surface area contributed by atoms with Crippen LogP contribution in [0.4, 0.5) is 0 Å². The first-order chi connectivity index (χ1) is 70.2. The molecule has 1 unspecified atom stereocenters. The monoisotopic (exact) mass is 2150 g/mol. The number of aliphatic hydroxyl groups excluding tert-OH is 23. The zero-order valence-electron chi connectivity index (χ0n) is 85.0. The van der Waals surface area contributed by atoms with Gasteiger partial charge in [0.15, 0.2) is 25.2 Å². The van der Waals surface area contributed by atoms with Gasteiger partial charge in [0.1, 0.15) is 159 Å². The standard InChI is InChI=1S/C95H167N5O48/c1-8-10-11-12-13-14-15-16-17-18-19-20-25-28-31-34-63(118)100-51(68(119)52(112)33-30-27-24-22-21-23-26-29-32-46(3)9-2)45-135-87-75(126)74(125)78(61(43-106)139-87)141-89-76(127)84(73(124)60(42-105)138-89)142-86-67(99-50(7)111)83(72(123)58(40-103)136-86)147-94(91(131)132)36-55(115)66(98-49(6)110)82(146-94)71(122)59(41-104)137-88-77(128)85(148-95(92(133)134)37-54(114)65(97-48(5)109)81(145-95)70(121)57(117)39-102)79(62(44-107)140-88)143-93(90(129)130)35-53(113)64(96-47(4)108)80(144-93)69(120)56(116)38-101/h46,51-62,64-89,101-107,112-117,119-128H,8-45H2,1-7H3,(H,96,108)(H,97,109)(H,98,110)(H,99,111)(H,100,118)(H,129,130)(H,131,132)(H,133,134)/t46?,51-,52+,53-,54-,55-,56+,57+,58+,59+,60+,61+,62+,64+,65+,66+,67+,68-,69+,70+,71+,72-,73-,74+,75+,76+,77+,78+,79-,80+,81+,82+,83+,84-,85+,86-,87+,88+,89-,93+,94-,95-/m0/s1. The predicted octanol–water partition coefficient (Wildman–Crippen LogP) is -7.64. The first-order valence-corrected chi connectivity index (χ1v) is 51.7. The Bertz CT molecular complexity index is 3920. The van der Waals surface area contributed by atoms with Crippen LogP contribution in [0.25, 0.3) is 0 Å². The summed E-state index contributed by atoms with van der Waals surface area (Å²) in [6.45, 7) is -0.0948. The van der Waals surface area contributed by atoms with Crippen LogP contribution in [0.5, 0.6) is 0 Å². The van der Waals surface area contributed by atoms with E-state index in [9.17, 15) is 171 Å². The van der Waals surface area contributed by atoms with Gasteiger partial charge in [0, 0.05) is 53.4 Å². The number of carboxylic acids is 3. The molecule has 0 radical (unpaired) electrons. The van der Waals surface area contributed by atoms with Gasteiger partial charge in [-0.05, 0) is 18.8 Å². The highest BCUT2D eigenvalue weighted by Gasteiger charge is 2.67. The number of ether oxygens (including phenoxy) is 14. The maximum atomic E-state index is 14.3. The van der Waals surface area contributed by atoms with E-state index in [-0.39, 0.29) is 12.8 Å². The highest BCUT2D eigenvalue weighted by Crippen LogP contribution is 2.46. The molecule has 42 atom stereocenters. The van der Waals surface area contributed by atoms with E-state index in [0.717, 1.165) is 111 Å². The summed E-state index contributed by atoms with van der Waals surface area (Å²) in [6.07, 6.45) is -55.1. The van der Waals surface area contributed by atoms with Gasteiger partial charge in [-0.2, -0.15) is 0 Å². The number of amides is 5. The normalized spacial score (nSPS) is 35.7. The maximum absolute atomic E-state index is 14.3. The number of carboxylic acid groups (broad SMARTS) is 3. The number of aliphatic hydroxyl groups is 23. The van der Waals surface area contributed by atoms with Gasteiger partial charge in [0.05, 0.1) is 101 Å². The molecule has 0 aromatic rings. The molecule has 0 spiro atoms. The molecule has 53 heteroatoms. The zero-order valence-corrected chi connectivity index (χ0v) is 85.0. The van der Waals surface area contributed by atoms with Crippen molar-refractivity contribution in [1.82, 2.24) is 26.6 Å². The third-order valence-electron chi connectivity index (χ3n) is 28.3. The van der Waals surface area contributed by atoms with Crippen LogP contribution in [0.3, 0.4) is 0 Å². The van der Waals surface area contributed by atoms with Gasteiger partial charge < -0.3 is 226 Å². The van der Waals surface area contributed by atoms with Crippen molar-refractivity contribution < 1.29 is 237 Å². The molecule has 148 heavy (non-hydrogen) atoms. The Hall–Kier alpha value is -5.72. The van der Waals surface area contributed by atoms with Crippen molar-refractivity contribution in [3.63, 3.8) is 0 Å². The number of hydrogen-bond acceptors (Lipinski definition) is 45. The highest BCUT2D eigenvalue weighted by atomic mass is 16.8. The molecule has 7 rings (SSSR count). The summed E-state index contributed by atoms with van der Waals surface area (Å²) < 4.78 is 83.6. The molecular weight excluding hydrogens is 1980 g/mol. The lowest BCUT2D eigenvalue weighted by molar-refractivity contribution is -0.404. The fourth-order valence-corrected chi connectivity index (χ4v) is 19.7. The van der Waals surface area contributed by atoms with Crippen LogP contribution in [0, 0.1) is 5.92 Å². The Balaban J connectivity index is 1.15. The largest absolute Gasteiger partial charge is 0.477 e. The van der Waals surface area contributed by atoms with Crippen molar-refractivity contribution in [1.29, 1.82) is 0 Å². The summed E-state index contributed by atoms with van der Waals surface area (Å²) >= 11 is 0. The number of unbranched alkanes of at least 4 members (excludes halogenated alkanes) is 21. The van der Waals surface area contributed by atoms with E-state index in [1.54, 1.807) is 0 Å². The minimum absolute atomic E-state index is 0.0435. The fraction of sp³-hybridized carbons (Fsp3) is 0.916. The fourth-order valence-electron chi connectivity index (χ4n) is 19.7. The Morgan fingerprint density at radius 3 is 1.14 bits per heavy atom. The lowest BCUT2D eigenvalue weighted by Gasteiger charge is -2.53. The molecule has 0 aromatic carbocycles. The molecule has 53 nitrogen and oxygen atoms in total. The first-order valence-electron chi connectivity index (χ1n) is 51.7. The Morgan fingerprint density at radius 2 is 0.723 bits per heavy atom. The Kier molecular flexibility index (Phi) is 54.9. The number of rotatable bonds is 66. The van der Waals surface area contributed by atoms with Gasteiger partial charge in [-0.1, -0.05) is 175 Å². The van der Waals surface area contributed by atoms with Gasteiger partial charge in [0.2, 0.25) is 29.5 Å². The Morgan fingerprint density at radius 1 is 0.365 bits per heavy atom. The molecule has 7 saturated heterocycles. The summed E-state index contributed by atoms with van der Waals surface area (Å²) in [5.74, 6) is -22.0. The van der Waals surface area contributed by atoms with E-state index in [1.165, 1.54) is 64.2 Å². The van der Waals surface area contributed by atoms with Crippen LogP contribution in [0.2, 0.25) is 0 Å². The van der Waals surface area contributed by atoms with Crippen LogP contribution >= 0.6 is 0 Å². The second-order valence-electron chi connectivity index (χ2n) is 39.9. The van der Waals surface area contributed by atoms with E-state index >= 15 is 0 Å². The molecule has 7 aliphatic rings. The SMILES string of the molecule is CCCCCCCCCCCCCCCCCC(=O)N[C@@H](CO[C@@H]1O[C@H](CO)[C@@H](O[C@@H]2O[C@H](CO)[C@H](O)[C@H](O[C@@H]3O[C@H](CO)[C@H](O)[C@H](O[C@]4(C(=O)O)C[C@H](O)[C@@H](NC(C)=O)[C@H]([C@H](O)[C@@H](CO)O[C@@H]5O[C@H](CO)[C@H](O[C@]6(C(=O)O)C[C@H](O)[C@@H](NC(C)=O)[C@H]([C@H](O)[C@H](O)CO)O6)[C@H](O[C@]6(C(=O)O)C[C@H](O)[C@@H](NC(C)=O)[C@H]([C@H](O)[C@H](O)CO)O6)[C@H]5O)O4)[C@H]3NC(C)=O)[C@H]2O)[C@H](O)[C@H]1O)[C@H](O)[C@H](O)CCCCCCCCCCC(C)CC. The first kappa shape index (κ1) is 129. The number of carbonyl (C=O) groups is 8. The molecule has 7 aliphatic heterocycles. The molecule has 7 fully saturated rings. The Labute approximate surface area is 857 Å². The quantitative estimate of drug-likeness (QED) is 0.0252. The average molecular weight is 2150 g/mol. The van der Waals surface area contributed by atoms with Gasteiger partial charge >= 0.3 is 17.9 Å². The van der Waals surface area contributed by atoms with Crippen molar-refractivity contribution in [2.24, 2.45) is 5.92 Å². The molecule has 0 bridgehead atoms. The molecule has 5 amide bonds. The third kappa shape index (κ3) is 35.7. The van der Waals surface area contributed by atoms with E-state index in [1.807, 2.05) is 0 Å². The minimum atomic E-state index is -3.68. The van der Waals surface area contributed by atoms with Gasteiger partial charge in [-0.3, -0.25) is 24.0 Å². The number of carbonyl (C=O) groups excluding carboxylic acids is 5. The van der Waals surface area contributed by atoms with Crippen LogP contribution < -0.4 is 26.6 Å². The number of aliphatic carboxylic acids is 3. The van der Waals surface area contributed by atoms with Crippen molar-refractivity contribution in [2.75, 3.05) is 52.9 Å². The topological polar surface area (TPSA) is 852 Å². The van der Waals surface area contributed by atoms with E-state index < -0.39 is 369 Å². The highest BCUT2D eigenvalue weighted by molar-refractivity contribution is 5.79. The van der Waals surface area contributed by atoms with Gasteiger partial charge in [-0.25, -0.2) is 14.4 Å². The molecule has 31 N–H and O–H groups in total. The summed E-state index contributed by atoms with van der Waals surface area (Å²) in [4.78, 5) is 108. The van der Waals surface area contributed by atoms with Crippen molar-refractivity contribution in [2.45, 2.75) is 491 Å². The van der Waals surface area contributed by atoms with Crippen LogP contribution in [0.1, 0.15) is 241 Å². The van der Waals surface area contributed by atoms with E-state index in [2.05, 4.69) is 47.4 Å². The average Bonchev–Trinajstić information content (AvgIpc) is 0.728. The van der Waals surface area contributed by atoms with Crippen LogP contribution in [-0.4, -0.2) is 483 Å². The van der Waals surface area contributed by atoms with Crippen molar-refractivity contribution in [3.05, 3.63) is 0 Å². The second-order valence-corrected chi connectivity index (χ2v) is 39.9. The summed E-state index contributed by atoms with van der Waals surface area (Å²) in [5, 5.41) is 309. The van der Waals surface area contributed by atoms with Crippen LogP contribution in [-0.2, 0) is 105 Å². The smallest absolute Gasteiger partial charge is 0.364 e. The molecule has 0 saturated carbocycles. The van der Waals surface area contributed by atoms with Gasteiger partial charge in [-0.15, -0.1) is 0 Å². The number of hydrogen-bond donors (Lipinski definition) is 31. The van der Waals surface area contributed by atoms with E-state index in [0.29, 0.717) is 18.8 Å². The lowest BCUT2D eigenvalue weighted by atomic mass is 9.87. The number of nitrogens with one attached hydrogen (secondary N) is 5. The van der Waals surface area contributed by atoms with Gasteiger partial charge in [0.25, 0.3) is 17.4 Å². The summed E-state index contributed by atoms with van der Waals surface area (Å²) in [6, 6.07) is -9.64. The molecule has 7 heterocycles. The van der Waals surface area contributed by atoms with Crippen molar-refractivity contribution in [3.8, 4) is 0 Å². The van der Waals surface area contributed by atoms with E-state index in [4.69, 9.17) is 66.3 Å².